The molecule has 0 aromatic rings. The van der Waals surface area contributed by atoms with Crippen LogP contribution in [0.15, 0.2) is 0 Å². The quantitative estimate of drug-likeness (QED) is 0.687. The molecular formula is C11H21NO2. The summed E-state index contributed by atoms with van der Waals surface area (Å²) < 4.78 is 4.92. The Morgan fingerprint density at radius 3 is 2.64 bits per heavy atom. The fraction of sp³-hybridized carbons (Fsp3) is 0.909. The Bertz CT molecular complexity index is 165. The second kappa shape index (κ2) is 6.82. The normalized spacial score (nSPS) is 18.1. The Morgan fingerprint density at radius 1 is 1.29 bits per heavy atom. The molecule has 0 amide bonds. The van der Waals surface area contributed by atoms with Gasteiger partial charge in [-0.25, -0.2) is 0 Å². The zero-order valence-corrected chi connectivity index (χ0v) is 8.84. The van der Waals surface area contributed by atoms with Crippen LogP contribution < -0.4 is 5.73 Å². The summed E-state index contributed by atoms with van der Waals surface area (Å²) in [7, 11) is 0. The highest BCUT2D eigenvalue weighted by Gasteiger charge is 2.14. The van der Waals surface area contributed by atoms with E-state index in [2.05, 4.69) is 0 Å². The molecule has 1 saturated carbocycles. The highest BCUT2D eigenvalue weighted by molar-refractivity contribution is 5.69. The standard InChI is InChI=1S/C11H21NO2/c12-8-9-14-11(13)7-6-10-4-2-1-3-5-10/h10H,1-9,12H2. The highest BCUT2D eigenvalue weighted by atomic mass is 16.5. The van der Waals surface area contributed by atoms with Gasteiger partial charge in [-0.1, -0.05) is 32.1 Å². The molecule has 2 N–H and O–H groups in total. The Balaban J connectivity index is 2.03. The van der Waals surface area contributed by atoms with E-state index in [4.69, 9.17) is 10.5 Å². The van der Waals surface area contributed by atoms with Crippen molar-refractivity contribution in [1.29, 1.82) is 0 Å². The van der Waals surface area contributed by atoms with Crippen LogP contribution >= 0.6 is 0 Å². The summed E-state index contributed by atoms with van der Waals surface area (Å²) in [6.07, 6.45) is 8.21. The summed E-state index contributed by atoms with van der Waals surface area (Å²) in [5.74, 6) is 0.676. The van der Waals surface area contributed by atoms with E-state index in [0.29, 0.717) is 19.6 Å². The zero-order valence-electron chi connectivity index (χ0n) is 8.84. The maximum atomic E-state index is 11.2. The lowest BCUT2D eigenvalue weighted by Gasteiger charge is -2.20. The van der Waals surface area contributed by atoms with Crippen molar-refractivity contribution in [3.8, 4) is 0 Å². The van der Waals surface area contributed by atoms with E-state index in [1.807, 2.05) is 0 Å². The maximum absolute atomic E-state index is 11.2. The molecule has 1 fully saturated rings. The Hall–Kier alpha value is -0.570. The number of rotatable bonds is 5. The molecule has 0 heterocycles. The number of carbonyl (C=O) groups is 1. The van der Waals surface area contributed by atoms with Gasteiger partial charge in [-0.3, -0.25) is 4.79 Å². The molecule has 0 bridgehead atoms. The molecule has 0 radical (unpaired) electrons. The third-order valence-electron chi connectivity index (χ3n) is 2.86. The van der Waals surface area contributed by atoms with Gasteiger partial charge in [-0.05, 0) is 12.3 Å². The van der Waals surface area contributed by atoms with E-state index >= 15 is 0 Å². The molecule has 1 rings (SSSR count). The molecule has 0 spiro atoms. The van der Waals surface area contributed by atoms with Crippen LogP contribution in [0.5, 0.6) is 0 Å². The van der Waals surface area contributed by atoms with Crippen molar-refractivity contribution in [3.05, 3.63) is 0 Å². The van der Waals surface area contributed by atoms with Crippen LogP contribution in [0.1, 0.15) is 44.9 Å². The van der Waals surface area contributed by atoms with Gasteiger partial charge in [-0.15, -0.1) is 0 Å². The Labute approximate surface area is 86.0 Å². The number of esters is 1. The number of ether oxygens (including phenoxy) is 1. The molecule has 1 aliphatic rings. The van der Waals surface area contributed by atoms with Crippen LogP contribution in [0.25, 0.3) is 0 Å². The van der Waals surface area contributed by atoms with Crippen LogP contribution in [0.3, 0.4) is 0 Å². The summed E-state index contributed by atoms with van der Waals surface area (Å²) in [5, 5.41) is 0. The summed E-state index contributed by atoms with van der Waals surface area (Å²) in [6.45, 7) is 0.790. The molecule has 0 unspecified atom stereocenters. The minimum atomic E-state index is -0.0824. The molecule has 3 heteroatoms. The lowest BCUT2D eigenvalue weighted by atomic mass is 9.86. The summed E-state index contributed by atoms with van der Waals surface area (Å²) in [4.78, 5) is 11.2. The molecule has 1 aliphatic carbocycles. The minimum Gasteiger partial charge on any atom is -0.464 e. The van der Waals surface area contributed by atoms with Crippen LogP contribution in [-0.4, -0.2) is 19.1 Å². The van der Waals surface area contributed by atoms with E-state index in [0.717, 1.165) is 12.3 Å². The van der Waals surface area contributed by atoms with Crippen molar-refractivity contribution >= 4 is 5.97 Å². The first-order chi connectivity index (χ1) is 6.83. The van der Waals surface area contributed by atoms with Gasteiger partial charge in [0.1, 0.15) is 6.61 Å². The zero-order chi connectivity index (χ0) is 10.2. The number of hydrogen-bond donors (Lipinski definition) is 1. The minimum absolute atomic E-state index is 0.0824. The largest absolute Gasteiger partial charge is 0.464 e. The Morgan fingerprint density at radius 2 is 2.00 bits per heavy atom. The van der Waals surface area contributed by atoms with Crippen LogP contribution in [0.4, 0.5) is 0 Å². The third-order valence-corrected chi connectivity index (χ3v) is 2.86. The van der Waals surface area contributed by atoms with Gasteiger partial charge in [0.05, 0.1) is 0 Å². The van der Waals surface area contributed by atoms with Crippen molar-refractivity contribution in [1.82, 2.24) is 0 Å². The average molecular weight is 199 g/mol. The molecule has 82 valence electrons. The topological polar surface area (TPSA) is 52.3 Å². The van der Waals surface area contributed by atoms with Crippen molar-refractivity contribution in [2.24, 2.45) is 11.7 Å². The number of hydrogen-bond acceptors (Lipinski definition) is 3. The van der Waals surface area contributed by atoms with Gasteiger partial charge < -0.3 is 10.5 Å². The summed E-state index contributed by atoms with van der Waals surface area (Å²) in [6, 6.07) is 0. The summed E-state index contributed by atoms with van der Waals surface area (Å²) in [5.41, 5.74) is 5.24. The smallest absolute Gasteiger partial charge is 0.305 e. The third kappa shape index (κ3) is 4.61. The molecule has 0 aliphatic heterocycles. The predicted molar refractivity (Wildman–Crippen MR) is 55.8 cm³/mol. The van der Waals surface area contributed by atoms with Gasteiger partial charge in [0, 0.05) is 13.0 Å². The van der Waals surface area contributed by atoms with E-state index in [-0.39, 0.29) is 5.97 Å². The second-order valence-electron chi connectivity index (χ2n) is 4.05. The first-order valence-electron chi connectivity index (χ1n) is 5.68. The summed E-state index contributed by atoms with van der Waals surface area (Å²) >= 11 is 0. The van der Waals surface area contributed by atoms with Gasteiger partial charge in [-0.2, -0.15) is 0 Å². The molecule has 14 heavy (non-hydrogen) atoms. The molecular weight excluding hydrogens is 178 g/mol. The fourth-order valence-corrected chi connectivity index (χ4v) is 2.04. The lowest BCUT2D eigenvalue weighted by Crippen LogP contribution is -2.15. The number of carbonyl (C=O) groups excluding carboxylic acids is 1. The van der Waals surface area contributed by atoms with Gasteiger partial charge in [0.2, 0.25) is 0 Å². The molecule has 0 aromatic carbocycles. The van der Waals surface area contributed by atoms with Crippen LogP contribution in [-0.2, 0) is 9.53 Å². The van der Waals surface area contributed by atoms with Crippen molar-refractivity contribution in [2.75, 3.05) is 13.2 Å². The van der Waals surface area contributed by atoms with Gasteiger partial charge in [0.15, 0.2) is 0 Å². The van der Waals surface area contributed by atoms with E-state index in [9.17, 15) is 4.79 Å². The van der Waals surface area contributed by atoms with Gasteiger partial charge >= 0.3 is 5.97 Å². The maximum Gasteiger partial charge on any atom is 0.305 e. The van der Waals surface area contributed by atoms with E-state index in [1.165, 1.54) is 32.1 Å². The molecule has 0 atom stereocenters. The van der Waals surface area contributed by atoms with Gasteiger partial charge in [0.25, 0.3) is 0 Å². The van der Waals surface area contributed by atoms with Crippen LogP contribution in [0.2, 0.25) is 0 Å². The monoisotopic (exact) mass is 199 g/mol. The predicted octanol–water partition coefficient (Wildman–Crippen LogP) is 1.85. The number of nitrogens with two attached hydrogens (primary N) is 1. The SMILES string of the molecule is NCCOC(=O)CCC1CCCCC1. The van der Waals surface area contributed by atoms with Crippen LogP contribution in [0, 0.1) is 5.92 Å². The molecule has 3 nitrogen and oxygen atoms in total. The first kappa shape index (κ1) is 11.5. The average Bonchev–Trinajstić information content (AvgIpc) is 2.25. The first-order valence-corrected chi connectivity index (χ1v) is 5.68. The van der Waals surface area contributed by atoms with Crippen molar-refractivity contribution in [3.63, 3.8) is 0 Å². The second-order valence-corrected chi connectivity index (χ2v) is 4.05. The van der Waals surface area contributed by atoms with E-state index < -0.39 is 0 Å². The lowest BCUT2D eigenvalue weighted by molar-refractivity contribution is -0.143. The Kier molecular flexibility index (Phi) is 5.60. The fourth-order valence-electron chi connectivity index (χ4n) is 2.04. The molecule has 0 saturated heterocycles. The molecule has 0 aromatic heterocycles. The highest BCUT2D eigenvalue weighted by Crippen LogP contribution is 2.27. The van der Waals surface area contributed by atoms with Crippen molar-refractivity contribution < 1.29 is 9.53 Å². The van der Waals surface area contributed by atoms with E-state index in [1.54, 1.807) is 0 Å². The van der Waals surface area contributed by atoms with Crippen molar-refractivity contribution in [2.45, 2.75) is 44.9 Å².